The molecule has 1 aliphatic heterocycles. The third kappa shape index (κ3) is 6.34. The highest BCUT2D eigenvalue weighted by Gasteiger charge is 2.40. The van der Waals surface area contributed by atoms with E-state index >= 15 is 0 Å². The predicted molar refractivity (Wildman–Crippen MR) is 129 cm³/mol. The monoisotopic (exact) mass is 562 g/mol. The molecule has 2 aromatic carbocycles. The second-order valence-corrected chi connectivity index (χ2v) is 9.03. The zero-order valence-corrected chi connectivity index (χ0v) is 21.9. The van der Waals surface area contributed by atoms with Crippen LogP contribution < -0.4 is 14.4 Å². The van der Waals surface area contributed by atoms with Gasteiger partial charge in [0, 0.05) is 24.7 Å². The molecule has 0 aliphatic carbocycles. The molecule has 0 fully saturated rings. The summed E-state index contributed by atoms with van der Waals surface area (Å²) < 4.78 is 95.7. The minimum atomic E-state index is -5.03. The van der Waals surface area contributed by atoms with Gasteiger partial charge in [0.25, 0.3) is 0 Å². The summed E-state index contributed by atoms with van der Waals surface area (Å²) >= 11 is 0. The molecule has 3 rings (SSSR count). The van der Waals surface area contributed by atoms with Gasteiger partial charge in [0.15, 0.2) is 11.5 Å². The molecule has 0 radical (unpaired) electrons. The lowest BCUT2D eigenvalue weighted by molar-refractivity contribution is -0.143. The van der Waals surface area contributed by atoms with Crippen molar-refractivity contribution in [3.8, 4) is 11.5 Å². The maximum absolute atomic E-state index is 13.3. The van der Waals surface area contributed by atoms with E-state index in [1.807, 2.05) is 0 Å². The Kier molecular flexibility index (Phi) is 8.61. The van der Waals surface area contributed by atoms with E-state index in [0.717, 1.165) is 0 Å². The van der Waals surface area contributed by atoms with Crippen molar-refractivity contribution < 1.29 is 50.1 Å². The highest BCUT2D eigenvalue weighted by Crippen LogP contribution is 2.46. The van der Waals surface area contributed by atoms with Gasteiger partial charge in [-0.3, -0.25) is 9.69 Å². The summed E-state index contributed by atoms with van der Waals surface area (Å²) in [4.78, 5) is 28.7. The van der Waals surface area contributed by atoms with Crippen LogP contribution in [-0.4, -0.2) is 50.8 Å². The van der Waals surface area contributed by atoms with Crippen LogP contribution in [0.2, 0.25) is 0 Å². The van der Waals surface area contributed by atoms with Gasteiger partial charge >= 0.3 is 18.4 Å². The third-order valence-electron chi connectivity index (χ3n) is 6.48. The van der Waals surface area contributed by atoms with Crippen molar-refractivity contribution in [2.24, 2.45) is 0 Å². The minimum absolute atomic E-state index is 0.0143. The summed E-state index contributed by atoms with van der Waals surface area (Å²) in [5.74, 6) is -0.117. The Bertz CT molecular complexity index is 1200. The lowest BCUT2D eigenvalue weighted by Gasteiger charge is -2.42. The number of hydrogen-bond donors (Lipinski definition) is 0. The molecule has 0 spiro atoms. The first-order chi connectivity index (χ1) is 18.1. The van der Waals surface area contributed by atoms with E-state index in [9.17, 15) is 35.9 Å². The van der Waals surface area contributed by atoms with E-state index in [0.29, 0.717) is 34.9 Å². The fourth-order valence-electron chi connectivity index (χ4n) is 4.58. The van der Waals surface area contributed by atoms with Gasteiger partial charge in [-0.05, 0) is 50.1 Å². The van der Waals surface area contributed by atoms with Crippen molar-refractivity contribution in [3.05, 3.63) is 52.6 Å². The molecule has 39 heavy (non-hydrogen) atoms. The van der Waals surface area contributed by atoms with Crippen molar-refractivity contribution in [3.63, 3.8) is 0 Å². The van der Waals surface area contributed by atoms with Crippen LogP contribution in [0.5, 0.6) is 11.5 Å². The summed E-state index contributed by atoms with van der Waals surface area (Å²) in [6.07, 6.45) is -11.2. The summed E-state index contributed by atoms with van der Waals surface area (Å²) in [7, 11) is 4.20. The summed E-state index contributed by atoms with van der Waals surface area (Å²) in [6, 6.07) is 3.03. The van der Waals surface area contributed by atoms with Crippen LogP contribution in [0.15, 0.2) is 30.3 Å². The quantitative estimate of drug-likeness (QED) is 0.390. The van der Waals surface area contributed by atoms with Crippen LogP contribution in [-0.2, 0) is 28.3 Å². The number of anilines is 1. The van der Waals surface area contributed by atoms with E-state index in [1.165, 1.54) is 31.1 Å². The second-order valence-electron chi connectivity index (χ2n) is 9.03. The van der Waals surface area contributed by atoms with Crippen molar-refractivity contribution in [2.45, 2.75) is 51.1 Å². The number of hydrogen-bond acceptors (Lipinski definition) is 5. The first-order valence-corrected chi connectivity index (χ1v) is 11.9. The average Bonchev–Trinajstić information content (AvgIpc) is 2.85. The Morgan fingerprint density at radius 3 is 1.97 bits per heavy atom. The van der Waals surface area contributed by atoms with Gasteiger partial charge < -0.3 is 19.1 Å². The Morgan fingerprint density at radius 2 is 1.49 bits per heavy atom. The van der Waals surface area contributed by atoms with Crippen LogP contribution in [0.1, 0.15) is 48.6 Å². The maximum Gasteiger partial charge on any atom is 0.416 e. The molecule has 2 aromatic rings. The third-order valence-corrected chi connectivity index (χ3v) is 6.48. The molecule has 2 unspecified atom stereocenters. The lowest BCUT2D eigenvalue weighted by atomic mass is 9.90. The molecule has 0 saturated carbocycles. The van der Waals surface area contributed by atoms with Crippen LogP contribution in [0.3, 0.4) is 0 Å². The molecule has 13 heteroatoms. The van der Waals surface area contributed by atoms with E-state index in [-0.39, 0.29) is 19.1 Å². The number of likely N-dealkylation sites (N-methyl/N-ethyl adjacent to an activating group) is 1. The number of carbonyl (C=O) groups is 2. The Balaban J connectivity index is 2.03. The smallest absolute Gasteiger partial charge is 0.416 e. The number of halogens is 6. The van der Waals surface area contributed by atoms with Crippen LogP contribution in [0.4, 0.5) is 36.8 Å². The van der Waals surface area contributed by atoms with E-state index in [2.05, 4.69) is 0 Å². The normalized spacial score (nSPS) is 17.4. The molecule has 214 valence electrons. The summed E-state index contributed by atoms with van der Waals surface area (Å²) in [5.41, 5.74) is -2.59. The van der Waals surface area contributed by atoms with Crippen molar-refractivity contribution in [1.82, 2.24) is 4.90 Å². The first kappa shape index (κ1) is 29.9. The van der Waals surface area contributed by atoms with Crippen LogP contribution in [0, 0.1) is 0 Å². The van der Waals surface area contributed by atoms with Gasteiger partial charge in [-0.2, -0.15) is 26.3 Å². The van der Waals surface area contributed by atoms with Crippen molar-refractivity contribution in [1.29, 1.82) is 0 Å². The molecule has 7 nitrogen and oxygen atoms in total. The Labute approximate surface area is 221 Å². The van der Waals surface area contributed by atoms with Gasteiger partial charge in [-0.15, -0.1) is 0 Å². The van der Waals surface area contributed by atoms with Crippen molar-refractivity contribution >= 4 is 17.7 Å². The summed E-state index contributed by atoms with van der Waals surface area (Å²) in [6.45, 7) is 3.49. The van der Waals surface area contributed by atoms with Gasteiger partial charge in [0.2, 0.25) is 5.91 Å². The number of ether oxygens (including phenoxy) is 3. The molecular weight excluding hydrogens is 534 g/mol. The number of alkyl halides is 6. The highest BCUT2D eigenvalue weighted by molar-refractivity contribution is 5.91. The van der Waals surface area contributed by atoms with Gasteiger partial charge in [0.05, 0.1) is 50.1 Å². The molecule has 0 aromatic heterocycles. The van der Waals surface area contributed by atoms with Crippen LogP contribution >= 0.6 is 0 Å². The number of nitrogens with zero attached hydrogens (tertiary/aromatic N) is 2. The average molecular weight is 563 g/mol. The molecule has 2 atom stereocenters. The molecular formula is C26H28F6N2O5. The number of benzene rings is 2. The zero-order chi connectivity index (χ0) is 29.3. The molecule has 2 amide bonds. The number of rotatable bonds is 6. The molecule has 0 bridgehead atoms. The van der Waals surface area contributed by atoms with E-state index < -0.39 is 59.5 Å². The fraction of sp³-hybridized carbons (Fsp3) is 0.462. The highest BCUT2D eigenvalue weighted by atomic mass is 19.4. The zero-order valence-electron chi connectivity index (χ0n) is 21.9. The number of carbonyl (C=O) groups excluding carboxylic acids is 2. The topological polar surface area (TPSA) is 68.3 Å². The molecule has 0 saturated heterocycles. The second kappa shape index (κ2) is 11.2. The molecule has 1 heterocycles. The van der Waals surface area contributed by atoms with Gasteiger partial charge in [0.1, 0.15) is 0 Å². The minimum Gasteiger partial charge on any atom is -0.493 e. The number of amides is 2. The Hall–Kier alpha value is -3.64. The fourth-order valence-corrected chi connectivity index (χ4v) is 4.58. The standard InChI is InChI=1S/C26H28F6N2O5/c1-6-39-24(36)34-14(2)7-19(18-12-21(37-4)22(38-5)13-20(18)34)33(3)23(35)10-15-8-16(25(27,28)29)11-17(9-15)26(30,31)32/h8-9,11-14,19H,6-7,10H2,1-5H3. The van der Waals surface area contributed by atoms with Gasteiger partial charge in [-0.1, -0.05) is 0 Å². The SMILES string of the molecule is CCOC(=O)N1c2cc(OC)c(OC)cc2C(N(C)C(=O)Cc2cc(C(F)(F)F)cc(C(F)(F)F)c2)CC1C. The maximum atomic E-state index is 13.3. The lowest BCUT2D eigenvalue weighted by Crippen LogP contribution is -2.47. The molecule has 0 N–H and O–H groups in total. The number of methoxy groups -OCH3 is 2. The summed E-state index contributed by atoms with van der Waals surface area (Å²) in [5, 5.41) is 0. The Morgan fingerprint density at radius 1 is 0.949 bits per heavy atom. The van der Waals surface area contributed by atoms with E-state index in [4.69, 9.17) is 14.2 Å². The van der Waals surface area contributed by atoms with E-state index in [1.54, 1.807) is 26.0 Å². The van der Waals surface area contributed by atoms with Gasteiger partial charge in [-0.25, -0.2) is 4.79 Å². The van der Waals surface area contributed by atoms with Crippen molar-refractivity contribution in [2.75, 3.05) is 32.8 Å². The predicted octanol–water partition coefficient (Wildman–Crippen LogP) is 6.24. The van der Waals surface area contributed by atoms with Crippen LogP contribution in [0.25, 0.3) is 0 Å². The number of fused-ring (bicyclic) bond motifs is 1. The largest absolute Gasteiger partial charge is 0.493 e. The molecule has 1 aliphatic rings. The first-order valence-electron chi connectivity index (χ1n) is 11.9.